The maximum Gasteiger partial charge on any atom is 0.123 e. The molecule has 1 spiro atoms. The fraction of sp³-hybridized carbons (Fsp3) is 1.00. The van der Waals surface area contributed by atoms with E-state index in [1.165, 1.54) is 0 Å². The molecule has 2 saturated heterocycles. The number of rotatable bonds is 0. The summed E-state index contributed by atoms with van der Waals surface area (Å²) in [5, 5.41) is 3.29. The number of halogens is 1. The van der Waals surface area contributed by atoms with Crippen LogP contribution in [0.25, 0.3) is 0 Å². The Morgan fingerprint density at radius 1 is 1.25 bits per heavy atom. The minimum absolute atomic E-state index is 0.0356. The normalized spacial score (nSPS) is 35.2. The highest BCUT2D eigenvalue weighted by Gasteiger charge is 2.37. The molecular formula is C9H16FNO. The van der Waals surface area contributed by atoms with Crippen molar-refractivity contribution in [3.8, 4) is 0 Å². The standard InChI is InChI=1S/C9H16FNO/c10-8-1-2-9(12-7-8)3-5-11-6-4-9/h8,11H,1-7H2. The molecule has 1 atom stereocenters. The van der Waals surface area contributed by atoms with Crippen LogP contribution in [0.4, 0.5) is 4.39 Å². The molecule has 0 radical (unpaired) electrons. The van der Waals surface area contributed by atoms with Crippen molar-refractivity contribution in [3.05, 3.63) is 0 Å². The van der Waals surface area contributed by atoms with Crippen molar-refractivity contribution in [1.29, 1.82) is 0 Å². The number of hydrogen-bond acceptors (Lipinski definition) is 2. The lowest BCUT2D eigenvalue weighted by molar-refractivity contribution is -0.120. The Bertz CT molecular complexity index is 147. The maximum absolute atomic E-state index is 12.8. The van der Waals surface area contributed by atoms with Crippen molar-refractivity contribution in [2.24, 2.45) is 0 Å². The van der Waals surface area contributed by atoms with E-state index in [9.17, 15) is 4.39 Å². The second kappa shape index (κ2) is 3.30. The second-order valence-corrected chi connectivity index (χ2v) is 3.88. The van der Waals surface area contributed by atoms with Crippen LogP contribution in [0.2, 0.25) is 0 Å². The largest absolute Gasteiger partial charge is 0.372 e. The monoisotopic (exact) mass is 173 g/mol. The first-order valence-corrected chi connectivity index (χ1v) is 4.80. The maximum atomic E-state index is 12.8. The van der Waals surface area contributed by atoms with Crippen LogP contribution in [-0.4, -0.2) is 31.5 Å². The highest BCUT2D eigenvalue weighted by Crippen LogP contribution is 2.33. The molecule has 2 rings (SSSR count). The summed E-state index contributed by atoms with van der Waals surface area (Å²) in [4.78, 5) is 0. The first-order chi connectivity index (χ1) is 5.81. The Hall–Kier alpha value is -0.150. The Balaban J connectivity index is 1.92. The fourth-order valence-corrected chi connectivity index (χ4v) is 2.12. The van der Waals surface area contributed by atoms with Crippen LogP contribution in [0.1, 0.15) is 25.7 Å². The van der Waals surface area contributed by atoms with E-state index in [0.717, 1.165) is 32.4 Å². The van der Waals surface area contributed by atoms with Gasteiger partial charge in [-0.2, -0.15) is 0 Å². The average Bonchev–Trinajstić information content (AvgIpc) is 2.13. The number of alkyl halides is 1. The van der Waals surface area contributed by atoms with E-state index in [-0.39, 0.29) is 5.60 Å². The molecular weight excluding hydrogens is 157 g/mol. The quantitative estimate of drug-likeness (QED) is 0.595. The van der Waals surface area contributed by atoms with Gasteiger partial charge in [0.1, 0.15) is 6.17 Å². The summed E-state index contributed by atoms with van der Waals surface area (Å²) < 4.78 is 18.4. The molecule has 0 saturated carbocycles. The van der Waals surface area contributed by atoms with E-state index in [1.54, 1.807) is 0 Å². The number of piperidine rings is 1. The van der Waals surface area contributed by atoms with Crippen LogP contribution in [0.3, 0.4) is 0 Å². The third kappa shape index (κ3) is 1.62. The zero-order valence-electron chi connectivity index (χ0n) is 7.31. The summed E-state index contributed by atoms with van der Waals surface area (Å²) >= 11 is 0. The van der Waals surface area contributed by atoms with Gasteiger partial charge in [-0.25, -0.2) is 4.39 Å². The molecule has 0 amide bonds. The van der Waals surface area contributed by atoms with Crippen molar-refractivity contribution >= 4 is 0 Å². The highest BCUT2D eigenvalue weighted by molar-refractivity contribution is 4.89. The molecule has 2 fully saturated rings. The molecule has 70 valence electrons. The molecule has 1 N–H and O–H groups in total. The summed E-state index contributed by atoms with van der Waals surface area (Å²) in [6.45, 7) is 2.37. The summed E-state index contributed by atoms with van der Waals surface area (Å²) in [6.07, 6.45) is 3.00. The molecule has 1 unspecified atom stereocenters. The van der Waals surface area contributed by atoms with Crippen molar-refractivity contribution in [3.63, 3.8) is 0 Å². The smallest absolute Gasteiger partial charge is 0.123 e. The van der Waals surface area contributed by atoms with E-state index in [2.05, 4.69) is 5.32 Å². The third-order valence-corrected chi connectivity index (χ3v) is 3.00. The molecule has 2 nitrogen and oxygen atoms in total. The van der Waals surface area contributed by atoms with Crippen LogP contribution in [0.15, 0.2) is 0 Å². The summed E-state index contributed by atoms with van der Waals surface area (Å²) in [5.74, 6) is 0. The minimum Gasteiger partial charge on any atom is -0.372 e. The van der Waals surface area contributed by atoms with Gasteiger partial charge in [-0.3, -0.25) is 0 Å². The van der Waals surface area contributed by atoms with Gasteiger partial charge < -0.3 is 10.1 Å². The van der Waals surface area contributed by atoms with Crippen molar-refractivity contribution < 1.29 is 9.13 Å². The first-order valence-electron chi connectivity index (χ1n) is 4.80. The summed E-state index contributed by atoms with van der Waals surface area (Å²) in [5.41, 5.74) is 0.0356. The summed E-state index contributed by atoms with van der Waals surface area (Å²) in [7, 11) is 0. The molecule has 0 aromatic heterocycles. The minimum atomic E-state index is -0.717. The molecule has 0 aliphatic carbocycles. The lowest BCUT2D eigenvalue weighted by Crippen LogP contribution is -2.47. The first kappa shape index (κ1) is 8.45. The van der Waals surface area contributed by atoms with Crippen LogP contribution in [-0.2, 0) is 4.74 Å². The van der Waals surface area contributed by atoms with E-state index >= 15 is 0 Å². The Morgan fingerprint density at radius 2 is 2.00 bits per heavy atom. The molecule has 2 aliphatic heterocycles. The second-order valence-electron chi connectivity index (χ2n) is 3.88. The Morgan fingerprint density at radius 3 is 2.58 bits per heavy atom. The van der Waals surface area contributed by atoms with Crippen LogP contribution >= 0.6 is 0 Å². The lowest BCUT2D eigenvalue weighted by atomic mass is 9.85. The molecule has 2 aliphatic rings. The lowest BCUT2D eigenvalue weighted by Gasteiger charge is -2.41. The third-order valence-electron chi connectivity index (χ3n) is 3.00. The van der Waals surface area contributed by atoms with Gasteiger partial charge in [0, 0.05) is 0 Å². The zero-order chi connectivity index (χ0) is 8.44. The highest BCUT2D eigenvalue weighted by atomic mass is 19.1. The van der Waals surface area contributed by atoms with Crippen molar-refractivity contribution in [2.75, 3.05) is 19.7 Å². The van der Waals surface area contributed by atoms with Crippen LogP contribution in [0, 0.1) is 0 Å². The van der Waals surface area contributed by atoms with Gasteiger partial charge in [0.15, 0.2) is 0 Å². The van der Waals surface area contributed by atoms with Crippen LogP contribution in [0.5, 0.6) is 0 Å². The van der Waals surface area contributed by atoms with Crippen molar-refractivity contribution in [1.82, 2.24) is 5.32 Å². The molecule has 0 aromatic rings. The SMILES string of the molecule is FC1CCC2(CCNCC2)OC1. The van der Waals surface area contributed by atoms with Gasteiger partial charge in [-0.15, -0.1) is 0 Å². The molecule has 0 aromatic carbocycles. The predicted molar refractivity (Wildman–Crippen MR) is 44.9 cm³/mol. The van der Waals surface area contributed by atoms with Gasteiger partial charge in [0.25, 0.3) is 0 Å². The van der Waals surface area contributed by atoms with Gasteiger partial charge in [-0.1, -0.05) is 0 Å². The Labute approximate surface area is 72.5 Å². The van der Waals surface area contributed by atoms with Crippen LogP contribution < -0.4 is 5.32 Å². The topological polar surface area (TPSA) is 21.3 Å². The predicted octanol–water partition coefficient (Wildman–Crippen LogP) is 1.26. The Kier molecular flexibility index (Phi) is 2.33. The van der Waals surface area contributed by atoms with Gasteiger partial charge >= 0.3 is 0 Å². The average molecular weight is 173 g/mol. The van der Waals surface area contributed by atoms with E-state index < -0.39 is 6.17 Å². The number of nitrogens with one attached hydrogen (secondary N) is 1. The molecule has 12 heavy (non-hydrogen) atoms. The van der Waals surface area contributed by atoms with Gasteiger partial charge in [0.05, 0.1) is 12.2 Å². The van der Waals surface area contributed by atoms with Crippen molar-refractivity contribution in [2.45, 2.75) is 37.5 Å². The zero-order valence-corrected chi connectivity index (χ0v) is 7.31. The van der Waals surface area contributed by atoms with Gasteiger partial charge in [-0.05, 0) is 38.8 Å². The number of hydrogen-bond donors (Lipinski definition) is 1. The molecule has 3 heteroatoms. The van der Waals surface area contributed by atoms with E-state index in [1.807, 2.05) is 0 Å². The van der Waals surface area contributed by atoms with E-state index in [0.29, 0.717) is 13.0 Å². The van der Waals surface area contributed by atoms with Gasteiger partial charge in [0.2, 0.25) is 0 Å². The summed E-state index contributed by atoms with van der Waals surface area (Å²) in [6, 6.07) is 0. The number of ether oxygens (including phenoxy) is 1. The van der Waals surface area contributed by atoms with E-state index in [4.69, 9.17) is 4.74 Å². The molecule has 2 heterocycles. The molecule has 0 bridgehead atoms. The fourth-order valence-electron chi connectivity index (χ4n) is 2.12.